The van der Waals surface area contributed by atoms with Gasteiger partial charge in [-0.2, -0.15) is 0 Å². The van der Waals surface area contributed by atoms with Crippen LogP contribution in [0.1, 0.15) is 79.2 Å². The van der Waals surface area contributed by atoms with Crippen molar-refractivity contribution in [2.45, 2.75) is 91.7 Å². The second-order valence-corrected chi connectivity index (χ2v) is 9.82. The number of hydrogen-bond donors (Lipinski definition) is 2. The molecular formula is C26H39NO8. The lowest BCUT2D eigenvalue weighted by molar-refractivity contribution is -0.153. The van der Waals surface area contributed by atoms with E-state index in [-0.39, 0.29) is 55.4 Å². The van der Waals surface area contributed by atoms with E-state index in [1.54, 1.807) is 13.0 Å². The molecule has 1 aromatic rings. The highest BCUT2D eigenvalue weighted by molar-refractivity contribution is 5.80. The molecule has 0 saturated heterocycles. The molecule has 9 heteroatoms. The lowest BCUT2D eigenvalue weighted by Crippen LogP contribution is -2.52. The number of hydrogen-bond acceptors (Lipinski definition) is 8. The van der Waals surface area contributed by atoms with Gasteiger partial charge in [-0.05, 0) is 42.9 Å². The second-order valence-electron chi connectivity index (χ2n) is 9.82. The third-order valence-electron chi connectivity index (χ3n) is 4.99. The third-order valence-corrected chi connectivity index (χ3v) is 4.99. The summed E-state index contributed by atoms with van der Waals surface area (Å²) < 4.78 is 16.1. The van der Waals surface area contributed by atoms with Crippen LogP contribution in [0.25, 0.3) is 0 Å². The maximum absolute atomic E-state index is 12.3. The van der Waals surface area contributed by atoms with Gasteiger partial charge in [-0.15, -0.1) is 0 Å². The predicted molar refractivity (Wildman–Crippen MR) is 130 cm³/mol. The highest BCUT2D eigenvalue weighted by Gasteiger charge is 2.37. The summed E-state index contributed by atoms with van der Waals surface area (Å²) in [6.07, 6.45) is 0.218. The molecule has 35 heavy (non-hydrogen) atoms. The number of rotatable bonds is 14. The fraction of sp³-hybridized carbons (Fsp3) is 0.615. The minimum atomic E-state index is -1.75. The summed E-state index contributed by atoms with van der Waals surface area (Å²) in [6, 6.07) is 4.48. The molecule has 1 rings (SSSR count). The Morgan fingerprint density at radius 2 is 1.46 bits per heavy atom. The molecule has 0 aliphatic carbocycles. The quantitative estimate of drug-likeness (QED) is 0.290. The summed E-state index contributed by atoms with van der Waals surface area (Å²) in [7, 11) is 0. The van der Waals surface area contributed by atoms with Crippen LogP contribution in [0.15, 0.2) is 18.2 Å². The Morgan fingerprint density at radius 3 is 1.94 bits per heavy atom. The molecule has 0 radical (unpaired) electrons. The second kappa shape index (κ2) is 13.8. The van der Waals surface area contributed by atoms with Crippen molar-refractivity contribution in [3.05, 3.63) is 23.8 Å². The Bertz CT molecular complexity index is 895. The van der Waals surface area contributed by atoms with Crippen molar-refractivity contribution in [1.82, 2.24) is 0 Å². The average molecular weight is 494 g/mol. The Labute approximate surface area is 207 Å². The molecule has 0 fully saturated rings. The van der Waals surface area contributed by atoms with E-state index in [1.807, 2.05) is 34.6 Å². The number of aliphatic carboxylic acids is 1. The van der Waals surface area contributed by atoms with Gasteiger partial charge < -0.3 is 25.1 Å². The molecule has 1 unspecified atom stereocenters. The highest BCUT2D eigenvalue weighted by atomic mass is 16.6. The Morgan fingerprint density at radius 1 is 0.914 bits per heavy atom. The van der Waals surface area contributed by atoms with E-state index in [9.17, 15) is 24.3 Å². The molecule has 0 aliphatic heterocycles. The summed E-state index contributed by atoms with van der Waals surface area (Å²) >= 11 is 0. The van der Waals surface area contributed by atoms with Gasteiger partial charge in [0.05, 0.1) is 0 Å². The van der Waals surface area contributed by atoms with Gasteiger partial charge in [0, 0.05) is 32.1 Å². The fourth-order valence-corrected chi connectivity index (χ4v) is 3.46. The number of ether oxygens (including phenoxy) is 3. The van der Waals surface area contributed by atoms with Crippen molar-refractivity contribution in [1.29, 1.82) is 0 Å². The van der Waals surface area contributed by atoms with Crippen molar-refractivity contribution >= 4 is 23.9 Å². The van der Waals surface area contributed by atoms with Gasteiger partial charge in [-0.3, -0.25) is 19.2 Å². The first kappa shape index (κ1) is 30.1. The van der Waals surface area contributed by atoms with Crippen LogP contribution in [0.4, 0.5) is 0 Å². The molecule has 0 aliphatic rings. The van der Waals surface area contributed by atoms with Crippen molar-refractivity contribution < 1.29 is 38.5 Å². The highest BCUT2D eigenvalue weighted by Crippen LogP contribution is 2.32. The fourth-order valence-electron chi connectivity index (χ4n) is 3.46. The molecule has 3 N–H and O–H groups in total. The third kappa shape index (κ3) is 10.9. The van der Waals surface area contributed by atoms with E-state index in [2.05, 4.69) is 0 Å². The standard InChI is InChI=1S/C26H39NO8/c1-7-8-22(28)33-18(6)14-26(27,25(31)32)15-19-9-10-20(34-23(29)11-16(2)3)21(13-19)35-24(30)12-17(4)5/h9-10,13,16-18H,7-8,11-12,14-15,27H2,1-6H3,(H,31,32)/t18-,26?/m0/s1. The van der Waals surface area contributed by atoms with Crippen LogP contribution in [0.2, 0.25) is 0 Å². The zero-order chi connectivity index (χ0) is 26.8. The molecule has 1 aromatic carbocycles. The van der Waals surface area contributed by atoms with Gasteiger partial charge in [0.15, 0.2) is 11.5 Å². The largest absolute Gasteiger partial charge is 0.480 e. The summed E-state index contributed by atoms with van der Waals surface area (Å²) in [4.78, 5) is 48.3. The molecule has 0 bridgehead atoms. The maximum atomic E-state index is 12.3. The van der Waals surface area contributed by atoms with Crippen LogP contribution in [0.3, 0.4) is 0 Å². The number of carbonyl (C=O) groups excluding carboxylic acids is 3. The van der Waals surface area contributed by atoms with E-state index in [0.29, 0.717) is 12.0 Å². The zero-order valence-corrected chi connectivity index (χ0v) is 21.6. The zero-order valence-electron chi connectivity index (χ0n) is 21.6. The van der Waals surface area contributed by atoms with Crippen molar-refractivity contribution in [2.24, 2.45) is 17.6 Å². The van der Waals surface area contributed by atoms with Crippen molar-refractivity contribution in [3.63, 3.8) is 0 Å². The van der Waals surface area contributed by atoms with Crippen molar-refractivity contribution in [3.8, 4) is 11.5 Å². The molecule has 0 amide bonds. The Hall–Kier alpha value is -2.94. The van der Waals surface area contributed by atoms with Gasteiger partial charge in [0.2, 0.25) is 0 Å². The van der Waals surface area contributed by atoms with Gasteiger partial charge in [0.1, 0.15) is 11.6 Å². The molecule has 0 spiro atoms. The summed E-state index contributed by atoms with van der Waals surface area (Å²) in [5.41, 5.74) is 4.94. The van der Waals surface area contributed by atoms with Gasteiger partial charge in [-0.25, -0.2) is 0 Å². The number of benzene rings is 1. The molecule has 0 aromatic heterocycles. The molecule has 196 valence electrons. The van der Waals surface area contributed by atoms with E-state index >= 15 is 0 Å². The molecule has 2 atom stereocenters. The average Bonchev–Trinajstić information content (AvgIpc) is 2.68. The Kier molecular flexibility index (Phi) is 11.9. The molecule has 0 saturated carbocycles. The number of esters is 3. The first-order valence-electron chi connectivity index (χ1n) is 12.0. The van der Waals surface area contributed by atoms with E-state index in [1.165, 1.54) is 12.1 Å². The summed E-state index contributed by atoms with van der Waals surface area (Å²) in [6.45, 7) is 10.9. The smallest absolute Gasteiger partial charge is 0.324 e. The van der Waals surface area contributed by atoms with E-state index in [0.717, 1.165) is 0 Å². The normalized spacial score (nSPS) is 13.7. The topological polar surface area (TPSA) is 142 Å². The number of carboxylic acids is 1. The number of carbonyl (C=O) groups is 4. The SMILES string of the molecule is CCCC(=O)O[C@@H](C)CC(N)(Cc1ccc(OC(=O)CC(C)C)c(OC(=O)CC(C)C)c1)C(=O)O. The maximum Gasteiger partial charge on any atom is 0.324 e. The monoisotopic (exact) mass is 493 g/mol. The van der Waals surface area contributed by atoms with E-state index in [4.69, 9.17) is 19.9 Å². The van der Waals surface area contributed by atoms with E-state index < -0.39 is 35.5 Å². The Balaban J connectivity index is 3.18. The predicted octanol–water partition coefficient (Wildman–Crippen LogP) is 4.04. The first-order chi connectivity index (χ1) is 16.2. The molecule has 9 nitrogen and oxygen atoms in total. The van der Waals surface area contributed by atoms with Gasteiger partial charge >= 0.3 is 23.9 Å². The van der Waals surface area contributed by atoms with Crippen LogP contribution in [-0.4, -0.2) is 40.6 Å². The molecular weight excluding hydrogens is 454 g/mol. The van der Waals surface area contributed by atoms with Crippen LogP contribution < -0.4 is 15.2 Å². The van der Waals surface area contributed by atoms with Crippen LogP contribution in [0.5, 0.6) is 11.5 Å². The number of carboxylic acid groups (broad SMARTS) is 1. The van der Waals surface area contributed by atoms with Crippen molar-refractivity contribution in [2.75, 3.05) is 0 Å². The van der Waals surface area contributed by atoms with Gasteiger partial charge in [-0.1, -0.05) is 40.7 Å². The molecule has 0 heterocycles. The van der Waals surface area contributed by atoms with Gasteiger partial charge in [0.25, 0.3) is 0 Å². The number of nitrogens with two attached hydrogens (primary N) is 1. The minimum Gasteiger partial charge on any atom is -0.480 e. The summed E-state index contributed by atoms with van der Waals surface area (Å²) in [5, 5.41) is 9.83. The lowest BCUT2D eigenvalue weighted by Gasteiger charge is -2.28. The van der Waals surface area contributed by atoms with Crippen LogP contribution >= 0.6 is 0 Å². The summed E-state index contributed by atoms with van der Waals surface area (Å²) in [5.74, 6) is -2.45. The minimum absolute atomic E-state index is 0.0143. The van der Waals surface area contributed by atoms with Crippen LogP contribution in [-0.2, 0) is 30.3 Å². The van der Waals surface area contributed by atoms with Crippen LogP contribution in [0, 0.1) is 11.8 Å². The first-order valence-corrected chi connectivity index (χ1v) is 12.0. The lowest BCUT2D eigenvalue weighted by atomic mass is 9.86.